The third-order valence-corrected chi connectivity index (χ3v) is 2.46. The molecule has 0 aromatic carbocycles. The molecule has 0 spiro atoms. The van der Waals surface area contributed by atoms with Gasteiger partial charge in [0.15, 0.2) is 0 Å². The summed E-state index contributed by atoms with van der Waals surface area (Å²) in [7, 11) is 1.58. The van der Waals surface area contributed by atoms with Crippen molar-refractivity contribution in [2.45, 2.75) is 13.3 Å². The average Bonchev–Trinajstić information content (AvgIpc) is 2.31. The van der Waals surface area contributed by atoms with Crippen molar-refractivity contribution in [2.24, 2.45) is 7.05 Å². The fourth-order valence-electron chi connectivity index (χ4n) is 1.55. The van der Waals surface area contributed by atoms with Crippen LogP contribution in [-0.2, 0) is 11.8 Å². The first kappa shape index (κ1) is 14.0. The average molecular weight is 252 g/mol. The predicted octanol–water partition coefficient (Wildman–Crippen LogP) is 0.322. The van der Waals surface area contributed by atoms with Crippen molar-refractivity contribution < 1.29 is 14.7 Å². The first-order valence-corrected chi connectivity index (χ1v) is 5.63. The zero-order chi connectivity index (χ0) is 13.7. The number of nitrogens with zero attached hydrogens (tertiary/aromatic N) is 2. The van der Waals surface area contributed by atoms with Gasteiger partial charge in [0.1, 0.15) is 6.54 Å². The van der Waals surface area contributed by atoms with Crippen LogP contribution < -0.4 is 5.56 Å². The fourth-order valence-corrected chi connectivity index (χ4v) is 1.55. The number of carbonyl (C=O) groups excluding carboxylic acids is 1. The van der Waals surface area contributed by atoms with E-state index in [-0.39, 0.29) is 17.7 Å². The Morgan fingerprint density at radius 1 is 1.44 bits per heavy atom. The molecule has 0 fully saturated rings. The second-order valence-electron chi connectivity index (χ2n) is 3.99. The highest BCUT2D eigenvalue weighted by atomic mass is 16.4. The molecule has 0 bridgehead atoms. The Morgan fingerprint density at radius 2 is 2.11 bits per heavy atom. The molecule has 6 nitrogen and oxygen atoms in total. The first-order valence-electron chi connectivity index (χ1n) is 5.63. The maximum Gasteiger partial charge on any atom is 0.323 e. The van der Waals surface area contributed by atoms with Crippen LogP contribution in [-0.4, -0.2) is 39.5 Å². The van der Waals surface area contributed by atoms with Crippen LogP contribution in [0.4, 0.5) is 0 Å². The second-order valence-corrected chi connectivity index (χ2v) is 3.99. The van der Waals surface area contributed by atoms with Gasteiger partial charge in [0, 0.05) is 31.4 Å². The molecule has 0 aliphatic rings. The van der Waals surface area contributed by atoms with Gasteiger partial charge in [0.2, 0.25) is 0 Å². The Hall–Kier alpha value is -2.11. The lowest BCUT2D eigenvalue weighted by Crippen LogP contribution is -2.36. The van der Waals surface area contributed by atoms with E-state index < -0.39 is 11.9 Å². The van der Waals surface area contributed by atoms with Gasteiger partial charge in [-0.05, 0) is 12.5 Å². The molecule has 1 amide bonds. The smallest absolute Gasteiger partial charge is 0.323 e. The molecule has 1 aromatic rings. The summed E-state index contributed by atoms with van der Waals surface area (Å²) in [6.45, 7) is 1.84. The first-order chi connectivity index (χ1) is 8.45. The van der Waals surface area contributed by atoms with Crippen LogP contribution in [0.15, 0.2) is 23.1 Å². The van der Waals surface area contributed by atoms with Crippen LogP contribution in [0.25, 0.3) is 0 Å². The normalized spacial score (nSPS) is 10.1. The monoisotopic (exact) mass is 252 g/mol. The van der Waals surface area contributed by atoms with E-state index in [1.54, 1.807) is 7.05 Å². The Kier molecular flexibility index (Phi) is 4.65. The summed E-state index contributed by atoms with van der Waals surface area (Å²) >= 11 is 0. The molecule has 0 saturated heterocycles. The van der Waals surface area contributed by atoms with Crippen molar-refractivity contribution in [3.05, 3.63) is 34.2 Å². The van der Waals surface area contributed by atoms with E-state index in [1.165, 1.54) is 27.8 Å². The number of carbonyl (C=O) groups is 2. The molecule has 98 valence electrons. The van der Waals surface area contributed by atoms with Gasteiger partial charge in [-0.3, -0.25) is 14.4 Å². The second kappa shape index (κ2) is 6.00. The number of amides is 1. The number of pyridine rings is 1. The molecular formula is C12H16N2O4. The fraction of sp³-hybridized carbons (Fsp3) is 0.417. The zero-order valence-corrected chi connectivity index (χ0v) is 10.4. The number of hydrogen-bond donors (Lipinski definition) is 1. The number of rotatable bonds is 5. The molecule has 0 atom stereocenters. The number of aromatic nitrogens is 1. The Labute approximate surface area is 104 Å². The van der Waals surface area contributed by atoms with E-state index in [1.807, 2.05) is 6.92 Å². The molecule has 0 aliphatic carbocycles. The van der Waals surface area contributed by atoms with Gasteiger partial charge in [0.25, 0.3) is 11.5 Å². The summed E-state index contributed by atoms with van der Waals surface area (Å²) in [6, 6.07) is 2.72. The number of hydrogen-bond acceptors (Lipinski definition) is 3. The lowest BCUT2D eigenvalue weighted by Gasteiger charge is -2.19. The van der Waals surface area contributed by atoms with Crippen molar-refractivity contribution in [2.75, 3.05) is 13.1 Å². The largest absolute Gasteiger partial charge is 0.480 e. The van der Waals surface area contributed by atoms with Crippen molar-refractivity contribution in [3.8, 4) is 0 Å². The van der Waals surface area contributed by atoms with Crippen molar-refractivity contribution in [1.82, 2.24) is 9.47 Å². The molecule has 0 saturated carbocycles. The van der Waals surface area contributed by atoms with E-state index >= 15 is 0 Å². The van der Waals surface area contributed by atoms with Crippen LogP contribution in [0.3, 0.4) is 0 Å². The summed E-state index contributed by atoms with van der Waals surface area (Å²) < 4.78 is 1.35. The standard InChI is InChI=1S/C12H16N2O4/c1-3-5-14(8-11(16)17)12(18)9-4-6-13(2)10(15)7-9/h4,6-7H,3,5,8H2,1-2H3,(H,16,17). The summed E-state index contributed by atoms with van der Waals surface area (Å²) in [4.78, 5) is 35.4. The van der Waals surface area contributed by atoms with Gasteiger partial charge >= 0.3 is 5.97 Å². The Morgan fingerprint density at radius 3 is 2.61 bits per heavy atom. The molecule has 6 heteroatoms. The summed E-state index contributed by atoms with van der Waals surface area (Å²) in [5, 5.41) is 8.75. The summed E-state index contributed by atoms with van der Waals surface area (Å²) in [6.07, 6.45) is 2.14. The van der Waals surface area contributed by atoms with Crippen LogP contribution in [0.5, 0.6) is 0 Å². The van der Waals surface area contributed by atoms with Gasteiger partial charge in [-0.15, -0.1) is 0 Å². The van der Waals surface area contributed by atoms with E-state index in [2.05, 4.69) is 0 Å². The highest BCUT2D eigenvalue weighted by Gasteiger charge is 2.18. The van der Waals surface area contributed by atoms with E-state index in [0.717, 1.165) is 0 Å². The topological polar surface area (TPSA) is 79.6 Å². The maximum absolute atomic E-state index is 12.0. The van der Waals surface area contributed by atoms with E-state index in [9.17, 15) is 14.4 Å². The van der Waals surface area contributed by atoms with Gasteiger partial charge < -0.3 is 14.6 Å². The number of carboxylic acid groups (broad SMARTS) is 1. The minimum atomic E-state index is -1.07. The minimum Gasteiger partial charge on any atom is -0.480 e. The Balaban J connectivity index is 2.97. The van der Waals surface area contributed by atoms with Crippen molar-refractivity contribution in [3.63, 3.8) is 0 Å². The molecular weight excluding hydrogens is 236 g/mol. The van der Waals surface area contributed by atoms with Crippen LogP contribution >= 0.6 is 0 Å². The Bertz CT molecular complexity index is 507. The van der Waals surface area contributed by atoms with Crippen LogP contribution in [0, 0.1) is 0 Å². The van der Waals surface area contributed by atoms with Gasteiger partial charge in [-0.2, -0.15) is 0 Å². The number of aliphatic carboxylic acids is 1. The van der Waals surface area contributed by atoms with Crippen LogP contribution in [0.1, 0.15) is 23.7 Å². The lowest BCUT2D eigenvalue weighted by molar-refractivity contribution is -0.137. The molecule has 1 N–H and O–H groups in total. The van der Waals surface area contributed by atoms with Gasteiger partial charge in [0.05, 0.1) is 0 Å². The molecule has 0 radical (unpaired) electrons. The minimum absolute atomic E-state index is 0.216. The van der Waals surface area contributed by atoms with Gasteiger partial charge in [-0.25, -0.2) is 0 Å². The zero-order valence-electron chi connectivity index (χ0n) is 10.4. The van der Waals surface area contributed by atoms with Crippen LogP contribution in [0.2, 0.25) is 0 Å². The summed E-state index contributed by atoms with van der Waals surface area (Å²) in [5.41, 5.74) is -0.0829. The third kappa shape index (κ3) is 3.44. The highest BCUT2D eigenvalue weighted by Crippen LogP contribution is 2.03. The van der Waals surface area contributed by atoms with Crippen molar-refractivity contribution in [1.29, 1.82) is 0 Å². The van der Waals surface area contributed by atoms with Crippen molar-refractivity contribution >= 4 is 11.9 Å². The number of aryl methyl sites for hydroxylation is 1. The lowest BCUT2D eigenvalue weighted by atomic mass is 10.2. The SMILES string of the molecule is CCCN(CC(=O)O)C(=O)c1ccn(C)c(=O)c1. The molecule has 1 aromatic heterocycles. The molecule has 1 heterocycles. The maximum atomic E-state index is 12.0. The molecule has 1 rings (SSSR count). The third-order valence-electron chi connectivity index (χ3n) is 2.46. The molecule has 18 heavy (non-hydrogen) atoms. The predicted molar refractivity (Wildman–Crippen MR) is 65.5 cm³/mol. The van der Waals surface area contributed by atoms with E-state index in [0.29, 0.717) is 13.0 Å². The quantitative estimate of drug-likeness (QED) is 0.818. The number of carboxylic acids is 1. The molecule has 0 unspecified atom stereocenters. The summed E-state index contributed by atoms with van der Waals surface area (Å²) in [5.74, 6) is -1.50. The molecule has 0 aliphatic heterocycles. The van der Waals surface area contributed by atoms with E-state index in [4.69, 9.17) is 5.11 Å². The van der Waals surface area contributed by atoms with Gasteiger partial charge in [-0.1, -0.05) is 6.92 Å². The highest BCUT2D eigenvalue weighted by molar-refractivity contribution is 5.95.